The number of para-hydroxylation sites is 2. The van der Waals surface area contributed by atoms with Crippen molar-refractivity contribution in [2.24, 2.45) is 0 Å². The number of esters is 1. The highest BCUT2D eigenvalue weighted by molar-refractivity contribution is 5.97. The van der Waals surface area contributed by atoms with Crippen LogP contribution in [0.25, 0.3) is 0 Å². The third-order valence-corrected chi connectivity index (χ3v) is 4.09. The van der Waals surface area contributed by atoms with Gasteiger partial charge in [-0.2, -0.15) is 0 Å². The largest absolute Gasteiger partial charge is 0.496 e. The summed E-state index contributed by atoms with van der Waals surface area (Å²) in [5.41, 5.74) is -0.397. The second-order valence-corrected chi connectivity index (χ2v) is 6.07. The number of carbonyl (C=O) groups excluding carboxylic acids is 2. The van der Waals surface area contributed by atoms with Gasteiger partial charge >= 0.3 is 5.97 Å². The Labute approximate surface area is 165 Å². The van der Waals surface area contributed by atoms with E-state index < -0.39 is 29.0 Å². The summed E-state index contributed by atoms with van der Waals surface area (Å²) >= 11 is 0. The smallest absolute Gasteiger partial charge is 0.351 e. The highest BCUT2D eigenvalue weighted by Gasteiger charge is 2.31. The van der Waals surface area contributed by atoms with Gasteiger partial charge in [0.15, 0.2) is 17.6 Å². The number of nitro benzene ring substituents is 1. The molecule has 2 aromatic carbocycles. The number of benzene rings is 2. The lowest BCUT2D eigenvalue weighted by Crippen LogP contribution is -2.41. The summed E-state index contributed by atoms with van der Waals surface area (Å²) < 4.78 is 21.1. The number of anilines is 1. The molecule has 29 heavy (non-hydrogen) atoms. The normalized spacial score (nSPS) is 15.7. The van der Waals surface area contributed by atoms with Crippen molar-refractivity contribution < 1.29 is 33.5 Å². The van der Waals surface area contributed by atoms with Crippen molar-refractivity contribution in [2.75, 3.05) is 19.0 Å². The summed E-state index contributed by atoms with van der Waals surface area (Å²) in [5, 5.41) is 13.6. The fourth-order valence-corrected chi connectivity index (χ4v) is 2.57. The second-order valence-electron chi connectivity index (χ2n) is 6.07. The molecule has 0 aliphatic carbocycles. The third kappa shape index (κ3) is 4.54. The number of carbonyl (C=O) groups is 2. The molecule has 152 valence electrons. The fourth-order valence-electron chi connectivity index (χ4n) is 2.57. The number of methoxy groups -OCH3 is 1. The molecule has 0 spiro atoms. The van der Waals surface area contributed by atoms with E-state index in [4.69, 9.17) is 18.9 Å². The number of ether oxygens (including phenoxy) is 4. The van der Waals surface area contributed by atoms with Crippen LogP contribution in [0.4, 0.5) is 11.4 Å². The van der Waals surface area contributed by atoms with Crippen LogP contribution in [0.5, 0.6) is 17.2 Å². The van der Waals surface area contributed by atoms with E-state index in [0.717, 1.165) is 0 Å². The Morgan fingerprint density at radius 2 is 1.97 bits per heavy atom. The quantitative estimate of drug-likeness (QED) is 0.443. The minimum absolute atomic E-state index is 0.0464. The highest BCUT2D eigenvalue weighted by atomic mass is 16.6. The lowest BCUT2D eigenvalue weighted by atomic mass is 10.2. The van der Waals surface area contributed by atoms with Crippen molar-refractivity contribution in [3.8, 4) is 17.2 Å². The van der Waals surface area contributed by atoms with Gasteiger partial charge in [-0.3, -0.25) is 14.9 Å². The third-order valence-electron chi connectivity index (χ3n) is 4.09. The molecular formula is C19H18N2O8. The van der Waals surface area contributed by atoms with Crippen molar-refractivity contribution in [3.05, 3.63) is 52.6 Å². The zero-order valence-electron chi connectivity index (χ0n) is 15.6. The minimum atomic E-state index is -1.22. The molecule has 1 aliphatic rings. The molecule has 10 nitrogen and oxygen atoms in total. The molecule has 1 amide bonds. The van der Waals surface area contributed by atoms with Crippen LogP contribution in [0.3, 0.4) is 0 Å². The zero-order chi connectivity index (χ0) is 21.0. The van der Waals surface area contributed by atoms with E-state index in [1.54, 1.807) is 24.3 Å². The van der Waals surface area contributed by atoms with Crippen LogP contribution in [0.2, 0.25) is 0 Å². The van der Waals surface area contributed by atoms with E-state index in [2.05, 4.69) is 5.32 Å². The van der Waals surface area contributed by atoms with E-state index in [1.807, 2.05) is 0 Å². The predicted octanol–water partition coefficient (Wildman–Crippen LogP) is 2.31. The Hall–Kier alpha value is -3.82. The lowest BCUT2D eigenvalue weighted by molar-refractivity contribution is -0.384. The molecule has 0 aromatic heterocycles. The number of amides is 1. The molecule has 0 fully saturated rings. The Kier molecular flexibility index (Phi) is 5.82. The number of nitrogens with one attached hydrogen (secondary N) is 1. The Morgan fingerprint density at radius 1 is 1.24 bits per heavy atom. The Balaban J connectivity index is 1.63. The van der Waals surface area contributed by atoms with Gasteiger partial charge < -0.3 is 24.3 Å². The molecule has 10 heteroatoms. The average molecular weight is 402 g/mol. The first kappa shape index (κ1) is 19.9. The summed E-state index contributed by atoms with van der Waals surface area (Å²) in [6, 6.07) is 10.8. The second kappa shape index (κ2) is 8.46. The Bertz CT molecular complexity index is 946. The van der Waals surface area contributed by atoms with Gasteiger partial charge in [-0.25, -0.2) is 4.79 Å². The maximum atomic E-state index is 12.3. The van der Waals surface area contributed by atoms with Gasteiger partial charge in [0.1, 0.15) is 18.0 Å². The molecule has 0 saturated heterocycles. The lowest BCUT2D eigenvalue weighted by Gasteiger charge is -2.25. The van der Waals surface area contributed by atoms with E-state index in [0.29, 0.717) is 11.5 Å². The van der Waals surface area contributed by atoms with E-state index >= 15 is 0 Å². The zero-order valence-corrected chi connectivity index (χ0v) is 15.6. The Morgan fingerprint density at radius 3 is 2.66 bits per heavy atom. The van der Waals surface area contributed by atoms with Crippen LogP contribution in [0, 0.1) is 10.1 Å². The van der Waals surface area contributed by atoms with Crippen LogP contribution < -0.4 is 19.5 Å². The number of fused-ring (bicyclic) bond motifs is 1. The van der Waals surface area contributed by atoms with Gasteiger partial charge in [-0.15, -0.1) is 0 Å². The number of nitrogens with zero attached hydrogens (tertiary/aromatic N) is 1. The maximum absolute atomic E-state index is 12.3. The van der Waals surface area contributed by atoms with E-state index in [-0.39, 0.29) is 23.7 Å². The molecule has 0 radical (unpaired) electrons. The van der Waals surface area contributed by atoms with Gasteiger partial charge in [-0.05, 0) is 31.2 Å². The van der Waals surface area contributed by atoms with Gasteiger partial charge in [-0.1, -0.05) is 12.1 Å². The van der Waals surface area contributed by atoms with Crippen molar-refractivity contribution in [3.63, 3.8) is 0 Å². The summed E-state index contributed by atoms with van der Waals surface area (Å²) in [4.78, 5) is 35.2. The minimum Gasteiger partial charge on any atom is -0.496 e. The van der Waals surface area contributed by atoms with Gasteiger partial charge in [0.05, 0.1) is 18.1 Å². The highest BCUT2D eigenvalue weighted by Crippen LogP contribution is 2.31. The van der Waals surface area contributed by atoms with E-state index in [1.165, 1.54) is 32.2 Å². The van der Waals surface area contributed by atoms with Crippen molar-refractivity contribution in [2.45, 2.75) is 19.1 Å². The molecule has 0 bridgehead atoms. The van der Waals surface area contributed by atoms with Gasteiger partial charge in [0.2, 0.25) is 6.10 Å². The summed E-state index contributed by atoms with van der Waals surface area (Å²) in [7, 11) is 1.37. The van der Waals surface area contributed by atoms with Crippen LogP contribution in [-0.4, -0.2) is 42.7 Å². The van der Waals surface area contributed by atoms with Crippen LogP contribution in [0.15, 0.2) is 42.5 Å². The topological polar surface area (TPSA) is 126 Å². The molecule has 1 heterocycles. The SMILES string of the molecule is COc1ccc(NC(=O)[C@H](C)OC(=O)[C@H]2COc3ccccc3O2)c([N+](=O)[O-])c1. The molecule has 1 aliphatic heterocycles. The van der Waals surface area contributed by atoms with Crippen LogP contribution in [0.1, 0.15) is 6.92 Å². The first-order valence-corrected chi connectivity index (χ1v) is 8.61. The number of nitro groups is 1. The number of rotatable bonds is 6. The van der Waals surface area contributed by atoms with Crippen molar-refractivity contribution >= 4 is 23.3 Å². The molecule has 0 saturated carbocycles. The van der Waals surface area contributed by atoms with Gasteiger partial charge in [0, 0.05) is 0 Å². The number of hydrogen-bond donors (Lipinski definition) is 1. The maximum Gasteiger partial charge on any atom is 0.351 e. The summed E-state index contributed by atoms with van der Waals surface area (Å²) in [5.74, 6) is -0.347. The first-order chi connectivity index (χ1) is 13.9. The molecule has 2 atom stereocenters. The molecule has 1 N–H and O–H groups in total. The average Bonchev–Trinajstić information content (AvgIpc) is 2.73. The van der Waals surface area contributed by atoms with Gasteiger partial charge in [0.25, 0.3) is 11.6 Å². The first-order valence-electron chi connectivity index (χ1n) is 8.61. The predicted molar refractivity (Wildman–Crippen MR) is 100 cm³/mol. The van der Waals surface area contributed by atoms with Crippen LogP contribution >= 0.6 is 0 Å². The van der Waals surface area contributed by atoms with Crippen LogP contribution in [-0.2, 0) is 14.3 Å². The number of hydrogen-bond acceptors (Lipinski definition) is 8. The molecule has 2 aromatic rings. The fraction of sp³-hybridized carbons (Fsp3) is 0.263. The monoisotopic (exact) mass is 402 g/mol. The van der Waals surface area contributed by atoms with Crippen molar-refractivity contribution in [1.82, 2.24) is 0 Å². The summed E-state index contributed by atoms with van der Waals surface area (Å²) in [6.07, 6.45) is -2.25. The summed E-state index contributed by atoms with van der Waals surface area (Å²) in [6.45, 7) is 1.29. The van der Waals surface area contributed by atoms with E-state index in [9.17, 15) is 19.7 Å². The molecule has 3 rings (SSSR count). The standard InChI is InChI=1S/C19H18N2O8/c1-11(18(22)20-13-8-7-12(26-2)9-14(13)21(24)25)28-19(23)17-10-27-15-5-3-4-6-16(15)29-17/h3-9,11,17H,10H2,1-2H3,(H,20,22)/t11-,17+/m0/s1. The molecular weight excluding hydrogens is 384 g/mol. The van der Waals surface area contributed by atoms with Crippen molar-refractivity contribution in [1.29, 1.82) is 0 Å². The molecule has 0 unspecified atom stereocenters.